The van der Waals surface area contributed by atoms with Crippen molar-refractivity contribution >= 4 is 12.2 Å². The van der Waals surface area contributed by atoms with E-state index >= 15 is 0 Å². The third kappa shape index (κ3) is 3.95. The molecule has 0 amide bonds. The molecule has 2 aromatic heterocycles. The van der Waals surface area contributed by atoms with E-state index in [1.807, 2.05) is 30.5 Å². The Kier molecular flexibility index (Phi) is 5.45. The van der Waals surface area contributed by atoms with E-state index in [0.29, 0.717) is 0 Å². The second kappa shape index (κ2) is 7.95. The van der Waals surface area contributed by atoms with Crippen molar-refractivity contribution in [1.29, 1.82) is 0 Å². The summed E-state index contributed by atoms with van der Waals surface area (Å²) in [6.45, 7) is 4.05. The van der Waals surface area contributed by atoms with Gasteiger partial charge in [0.1, 0.15) is 11.6 Å². The minimum atomic E-state index is -0.464. The van der Waals surface area contributed by atoms with Gasteiger partial charge < -0.3 is 9.30 Å². The van der Waals surface area contributed by atoms with Crippen molar-refractivity contribution in [2.45, 2.75) is 19.8 Å². The lowest BCUT2D eigenvalue weighted by molar-refractivity contribution is -0.134. The molecule has 0 aliphatic heterocycles. The topological polar surface area (TPSA) is 57.0 Å². The molecule has 0 aliphatic rings. The summed E-state index contributed by atoms with van der Waals surface area (Å²) >= 11 is 0. The fourth-order valence-electron chi connectivity index (χ4n) is 2.81. The lowest BCUT2D eigenvalue weighted by atomic mass is 10.1. The normalized spacial score (nSPS) is 11.3. The number of hydrogen-bond acceptors (Lipinski definition) is 4. The minimum Gasteiger partial charge on any atom is -0.466 e. The average Bonchev–Trinajstić information content (AvgIpc) is 3.07. The Hall–Kier alpha value is -3.28. The molecule has 5 nitrogen and oxygen atoms in total. The lowest BCUT2D eigenvalue weighted by Crippen LogP contribution is -2.02. The maximum absolute atomic E-state index is 13.5. The molecule has 138 valence electrons. The van der Waals surface area contributed by atoms with Crippen LogP contribution in [0.25, 0.3) is 28.7 Å². The van der Waals surface area contributed by atoms with Gasteiger partial charge in [0.15, 0.2) is 0 Å². The van der Waals surface area contributed by atoms with Crippen LogP contribution >= 0.6 is 0 Å². The van der Waals surface area contributed by atoms with E-state index in [4.69, 9.17) is 9.72 Å². The second-order valence-corrected chi connectivity index (χ2v) is 6.27. The van der Waals surface area contributed by atoms with Crippen LogP contribution in [0.2, 0.25) is 0 Å². The summed E-state index contributed by atoms with van der Waals surface area (Å²) in [6.07, 6.45) is 6.37. The fourth-order valence-corrected chi connectivity index (χ4v) is 2.81. The first-order chi connectivity index (χ1) is 13.0. The number of pyridine rings is 1. The molecule has 2 heterocycles. The summed E-state index contributed by atoms with van der Waals surface area (Å²) in [5.41, 5.74) is 3.18. The van der Waals surface area contributed by atoms with Gasteiger partial charge in [-0.3, -0.25) is 4.98 Å². The monoisotopic (exact) mass is 365 g/mol. The number of esters is 1. The molecule has 0 spiro atoms. The maximum Gasteiger partial charge on any atom is 0.331 e. The summed E-state index contributed by atoms with van der Waals surface area (Å²) in [7, 11) is 1.33. The molecule has 0 bridgehead atoms. The predicted molar refractivity (Wildman–Crippen MR) is 102 cm³/mol. The third-order valence-electron chi connectivity index (χ3n) is 4.09. The van der Waals surface area contributed by atoms with Crippen molar-refractivity contribution in [2.24, 2.45) is 0 Å². The molecular formula is C21H20FN3O2. The quantitative estimate of drug-likeness (QED) is 0.493. The van der Waals surface area contributed by atoms with E-state index in [9.17, 15) is 9.18 Å². The number of ether oxygens (including phenoxy) is 1. The van der Waals surface area contributed by atoms with Crippen molar-refractivity contribution in [2.75, 3.05) is 7.11 Å². The number of nitrogens with zero attached hydrogens (tertiary/aromatic N) is 3. The summed E-state index contributed by atoms with van der Waals surface area (Å²) in [5.74, 6) is 0.0989. The number of halogens is 1. The van der Waals surface area contributed by atoms with Gasteiger partial charge in [-0.25, -0.2) is 14.2 Å². The average molecular weight is 365 g/mol. The number of benzene rings is 1. The third-order valence-corrected chi connectivity index (χ3v) is 4.09. The van der Waals surface area contributed by atoms with Gasteiger partial charge in [0, 0.05) is 41.7 Å². The Bertz CT molecular complexity index is 961. The Morgan fingerprint density at radius 2 is 1.78 bits per heavy atom. The smallest absolute Gasteiger partial charge is 0.331 e. The van der Waals surface area contributed by atoms with Crippen LogP contribution in [0.4, 0.5) is 4.39 Å². The summed E-state index contributed by atoms with van der Waals surface area (Å²) in [4.78, 5) is 20.5. The highest BCUT2D eigenvalue weighted by Crippen LogP contribution is 2.35. The van der Waals surface area contributed by atoms with Crippen LogP contribution in [0, 0.1) is 5.82 Å². The Morgan fingerprint density at radius 1 is 1.11 bits per heavy atom. The molecule has 3 rings (SSSR count). The number of rotatable bonds is 5. The Labute approximate surface area is 157 Å². The van der Waals surface area contributed by atoms with Gasteiger partial charge in [0.05, 0.1) is 18.5 Å². The number of carbonyl (C=O) groups excluding carboxylic acids is 1. The zero-order chi connectivity index (χ0) is 19.4. The van der Waals surface area contributed by atoms with Crippen LogP contribution in [0.1, 0.15) is 25.6 Å². The standard InChI is InChI=1S/C21H20FN3O2/c1-14(2)21-24-19(15-8-11-23-12-9-15)20(16-4-6-17(22)7-5-16)25(21)13-10-18(26)27-3/h4-14H,1-3H3. The number of carbonyl (C=O) groups is 1. The number of aromatic nitrogens is 3. The van der Waals surface area contributed by atoms with Crippen LogP contribution in [-0.4, -0.2) is 27.6 Å². The van der Waals surface area contributed by atoms with Gasteiger partial charge in [0.25, 0.3) is 0 Å². The van der Waals surface area contributed by atoms with Crippen molar-refractivity contribution < 1.29 is 13.9 Å². The first-order valence-corrected chi connectivity index (χ1v) is 8.56. The Balaban J connectivity index is 2.29. The zero-order valence-corrected chi connectivity index (χ0v) is 15.4. The number of hydrogen-bond donors (Lipinski definition) is 0. The largest absolute Gasteiger partial charge is 0.466 e. The number of imidazole rings is 1. The van der Waals surface area contributed by atoms with Gasteiger partial charge in [-0.15, -0.1) is 0 Å². The van der Waals surface area contributed by atoms with Crippen LogP contribution in [-0.2, 0) is 9.53 Å². The van der Waals surface area contributed by atoms with Crippen molar-refractivity contribution in [3.63, 3.8) is 0 Å². The van der Waals surface area contributed by atoms with Crippen LogP contribution in [0.5, 0.6) is 0 Å². The molecule has 0 aliphatic carbocycles. The molecule has 0 fully saturated rings. The van der Waals surface area contributed by atoms with E-state index in [-0.39, 0.29) is 11.7 Å². The van der Waals surface area contributed by atoms with Crippen LogP contribution < -0.4 is 0 Å². The molecule has 0 saturated carbocycles. The van der Waals surface area contributed by atoms with E-state index in [1.54, 1.807) is 30.7 Å². The number of methoxy groups -OCH3 is 1. The highest BCUT2D eigenvalue weighted by atomic mass is 19.1. The zero-order valence-electron chi connectivity index (χ0n) is 15.4. The SMILES string of the molecule is COC(=O)C=Cn1c(C(C)C)nc(-c2ccncc2)c1-c1ccc(F)cc1. The summed E-state index contributed by atoms with van der Waals surface area (Å²) in [5, 5.41) is 0. The summed E-state index contributed by atoms with van der Waals surface area (Å²) in [6, 6.07) is 9.94. The van der Waals surface area contributed by atoms with Crippen LogP contribution in [0.15, 0.2) is 54.9 Å². The van der Waals surface area contributed by atoms with Crippen LogP contribution in [0.3, 0.4) is 0 Å². The minimum absolute atomic E-state index is 0.0992. The van der Waals surface area contributed by atoms with Gasteiger partial charge in [-0.1, -0.05) is 13.8 Å². The van der Waals surface area contributed by atoms with E-state index < -0.39 is 5.97 Å². The van der Waals surface area contributed by atoms with E-state index in [1.165, 1.54) is 25.3 Å². The summed E-state index contributed by atoms with van der Waals surface area (Å²) < 4.78 is 20.0. The molecular weight excluding hydrogens is 345 g/mol. The highest BCUT2D eigenvalue weighted by molar-refractivity contribution is 5.87. The van der Waals surface area contributed by atoms with Crippen molar-refractivity contribution in [3.05, 3.63) is 66.5 Å². The fraction of sp³-hybridized carbons (Fsp3) is 0.190. The molecule has 0 radical (unpaired) electrons. The molecule has 1 aromatic carbocycles. The molecule has 3 aromatic rings. The van der Waals surface area contributed by atoms with Crippen molar-refractivity contribution in [1.82, 2.24) is 14.5 Å². The lowest BCUT2D eigenvalue weighted by Gasteiger charge is -2.10. The first kappa shape index (κ1) is 18.5. The first-order valence-electron chi connectivity index (χ1n) is 8.56. The van der Waals surface area contributed by atoms with E-state index in [0.717, 1.165) is 28.3 Å². The second-order valence-electron chi connectivity index (χ2n) is 6.27. The van der Waals surface area contributed by atoms with Gasteiger partial charge in [-0.2, -0.15) is 0 Å². The van der Waals surface area contributed by atoms with Crippen molar-refractivity contribution in [3.8, 4) is 22.5 Å². The highest BCUT2D eigenvalue weighted by Gasteiger charge is 2.21. The van der Waals surface area contributed by atoms with Gasteiger partial charge in [0.2, 0.25) is 0 Å². The van der Waals surface area contributed by atoms with Gasteiger partial charge >= 0.3 is 5.97 Å². The maximum atomic E-state index is 13.5. The van der Waals surface area contributed by atoms with E-state index in [2.05, 4.69) is 4.98 Å². The molecule has 0 N–H and O–H groups in total. The predicted octanol–water partition coefficient (Wildman–Crippen LogP) is 4.52. The Morgan fingerprint density at radius 3 is 2.37 bits per heavy atom. The molecule has 0 unspecified atom stereocenters. The molecule has 0 saturated heterocycles. The van der Waals surface area contributed by atoms with Gasteiger partial charge in [-0.05, 0) is 36.4 Å². The molecule has 27 heavy (non-hydrogen) atoms. The molecule has 0 atom stereocenters. The molecule has 6 heteroatoms.